The van der Waals surface area contributed by atoms with Crippen molar-refractivity contribution in [2.45, 2.75) is 37.7 Å². The van der Waals surface area contributed by atoms with E-state index in [2.05, 4.69) is 4.98 Å². The summed E-state index contributed by atoms with van der Waals surface area (Å²) < 4.78 is 53.0. The molecule has 1 N–H and O–H groups in total. The minimum atomic E-state index is -4.50. The van der Waals surface area contributed by atoms with E-state index in [0.717, 1.165) is 29.3 Å². The largest absolute Gasteiger partial charge is 0.416 e. The summed E-state index contributed by atoms with van der Waals surface area (Å²) in [6, 6.07) is 4.07. The van der Waals surface area contributed by atoms with Gasteiger partial charge in [-0.15, -0.1) is 0 Å². The van der Waals surface area contributed by atoms with Crippen LogP contribution in [-0.4, -0.2) is 45.0 Å². The number of piperazine rings is 1. The van der Waals surface area contributed by atoms with Gasteiger partial charge in [-0.05, 0) is 36.3 Å². The third kappa shape index (κ3) is 4.58. The topological polar surface area (TPSA) is 73.7 Å². The number of pyridine rings is 1. The van der Waals surface area contributed by atoms with Crippen LogP contribution in [0.15, 0.2) is 48.2 Å². The van der Waals surface area contributed by atoms with Crippen LogP contribution in [0, 0.1) is 5.82 Å². The van der Waals surface area contributed by atoms with Crippen molar-refractivity contribution < 1.29 is 32.3 Å². The molecule has 4 rings (SSSR count). The lowest BCUT2D eigenvalue weighted by Gasteiger charge is -2.45. The van der Waals surface area contributed by atoms with Crippen molar-refractivity contribution in [2.24, 2.45) is 0 Å². The number of rotatable bonds is 4. The number of nitrogens with zero attached hydrogens (tertiary/aromatic N) is 3. The lowest BCUT2D eigenvalue weighted by Crippen LogP contribution is -2.62. The van der Waals surface area contributed by atoms with Gasteiger partial charge in [0.2, 0.25) is 5.91 Å². The lowest BCUT2D eigenvalue weighted by atomic mass is 9.78. The highest BCUT2D eigenvalue weighted by atomic mass is 35.5. The van der Waals surface area contributed by atoms with E-state index >= 15 is 0 Å². The quantitative estimate of drug-likeness (QED) is 0.531. The lowest BCUT2D eigenvalue weighted by molar-refractivity contribution is -0.143. The minimum absolute atomic E-state index is 0.0188. The number of carbonyl (C=O) groups excluding carboxylic acids is 2. The highest BCUT2D eigenvalue weighted by Gasteiger charge is 2.47. The maximum atomic E-state index is 14.4. The Hall–Kier alpha value is -2.98. The summed E-state index contributed by atoms with van der Waals surface area (Å²) in [5, 5.41) is 10.1. The van der Waals surface area contributed by atoms with Crippen LogP contribution in [-0.2, 0) is 22.3 Å². The fourth-order valence-electron chi connectivity index (χ4n) is 4.01. The molecule has 6 nitrogen and oxygen atoms in total. The summed E-state index contributed by atoms with van der Waals surface area (Å²) in [7, 11) is 0. The first-order valence-corrected chi connectivity index (χ1v) is 10.3. The highest BCUT2D eigenvalue weighted by Crippen LogP contribution is 2.38. The molecule has 11 heteroatoms. The summed E-state index contributed by atoms with van der Waals surface area (Å²) in [4.78, 5) is 32.4. The second-order valence-electron chi connectivity index (χ2n) is 8.26. The molecule has 2 aromatic rings. The first-order chi connectivity index (χ1) is 15.4. The zero-order valence-corrected chi connectivity index (χ0v) is 18.0. The molecule has 174 valence electrons. The van der Waals surface area contributed by atoms with Crippen molar-refractivity contribution in [3.8, 4) is 0 Å². The number of hydrogen-bond donors (Lipinski definition) is 1. The molecule has 1 aliphatic heterocycles. The minimum Gasteiger partial charge on any atom is -0.386 e. The van der Waals surface area contributed by atoms with Gasteiger partial charge in [0.05, 0.1) is 16.2 Å². The Labute approximate surface area is 191 Å². The SMILES string of the molecule is CC1(O)C=C(C2C(=O)N(c3ncc(Cl)cc3F)CC(=O)N2Cc2ccc(C(F)(F)F)cc2)C1. The van der Waals surface area contributed by atoms with E-state index in [-0.39, 0.29) is 23.8 Å². The summed E-state index contributed by atoms with van der Waals surface area (Å²) in [5.41, 5.74) is -1.17. The van der Waals surface area contributed by atoms with Crippen molar-refractivity contribution in [3.05, 3.63) is 70.1 Å². The fraction of sp³-hybridized carbons (Fsp3) is 0.318. The standard InChI is InChI=1S/C22H18ClF4N3O3/c1-21(33)7-13(8-21)18-20(32)30(19-16(24)6-15(23)9-28-19)11-17(31)29(18)10-12-2-4-14(5-3-12)22(25,26)27/h2-7,9,18,33H,8,10-11H2,1H3. The zero-order valence-electron chi connectivity index (χ0n) is 17.2. The van der Waals surface area contributed by atoms with Crippen molar-refractivity contribution in [1.29, 1.82) is 0 Å². The summed E-state index contributed by atoms with van der Waals surface area (Å²) in [6.07, 6.45) is -1.81. The van der Waals surface area contributed by atoms with Gasteiger partial charge < -0.3 is 10.0 Å². The number of aliphatic hydroxyl groups is 1. The maximum Gasteiger partial charge on any atom is 0.416 e. The molecule has 2 amide bonds. The van der Waals surface area contributed by atoms with Gasteiger partial charge >= 0.3 is 6.18 Å². The smallest absolute Gasteiger partial charge is 0.386 e. The van der Waals surface area contributed by atoms with Crippen LogP contribution in [0.1, 0.15) is 24.5 Å². The third-order valence-corrected chi connectivity index (χ3v) is 5.72. The number of anilines is 1. The molecule has 0 bridgehead atoms. The van der Waals surface area contributed by atoms with Crippen molar-refractivity contribution in [2.75, 3.05) is 11.4 Å². The Balaban J connectivity index is 1.67. The second-order valence-corrected chi connectivity index (χ2v) is 8.69. The van der Waals surface area contributed by atoms with Gasteiger partial charge in [0, 0.05) is 19.2 Å². The van der Waals surface area contributed by atoms with Crippen LogP contribution in [0.2, 0.25) is 5.02 Å². The average molecular weight is 484 g/mol. The van der Waals surface area contributed by atoms with Crippen LogP contribution in [0.25, 0.3) is 0 Å². The number of aromatic nitrogens is 1. The Kier molecular flexibility index (Phi) is 5.69. The first kappa shape index (κ1) is 23.2. The van der Waals surface area contributed by atoms with Crippen molar-refractivity contribution >= 4 is 29.2 Å². The van der Waals surface area contributed by atoms with E-state index in [0.29, 0.717) is 11.1 Å². The molecular weight excluding hydrogens is 466 g/mol. The van der Waals surface area contributed by atoms with Crippen molar-refractivity contribution in [1.82, 2.24) is 9.88 Å². The molecule has 1 aromatic carbocycles. The summed E-state index contributed by atoms with van der Waals surface area (Å²) >= 11 is 5.73. The first-order valence-electron chi connectivity index (χ1n) is 9.88. The number of hydrogen-bond acceptors (Lipinski definition) is 4. The van der Waals surface area contributed by atoms with E-state index < -0.39 is 47.6 Å². The predicted octanol–water partition coefficient (Wildman–Crippen LogP) is 3.72. The Bertz CT molecular complexity index is 1150. The van der Waals surface area contributed by atoms with Gasteiger partial charge in [-0.25, -0.2) is 9.37 Å². The van der Waals surface area contributed by atoms with Crippen LogP contribution >= 0.6 is 11.6 Å². The molecular formula is C22H18ClF4N3O3. The second kappa shape index (κ2) is 8.11. The number of carbonyl (C=O) groups is 2. The van der Waals surface area contributed by atoms with Crippen LogP contribution in [0.3, 0.4) is 0 Å². The molecule has 1 aromatic heterocycles. The molecule has 33 heavy (non-hydrogen) atoms. The van der Waals surface area contributed by atoms with Crippen LogP contribution in [0.4, 0.5) is 23.4 Å². The number of alkyl halides is 3. The molecule has 0 spiro atoms. The van der Waals surface area contributed by atoms with Gasteiger partial charge in [-0.1, -0.05) is 29.8 Å². The molecule has 2 atom stereocenters. The van der Waals surface area contributed by atoms with Crippen LogP contribution in [0.5, 0.6) is 0 Å². The van der Waals surface area contributed by atoms with E-state index in [1.165, 1.54) is 30.0 Å². The van der Waals surface area contributed by atoms with E-state index in [1.54, 1.807) is 0 Å². The molecule has 0 radical (unpaired) electrons. The van der Waals surface area contributed by atoms with E-state index in [1.807, 2.05) is 0 Å². The predicted molar refractivity (Wildman–Crippen MR) is 111 cm³/mol. The Morgan fingerprint density at radius 2 is 1.88 bits per heavy atom. The van der Waals surface area contributed by atoms with Gasteiger partial charge in [0.25, 0.3) is 5.91 Å². The average Bonchev–Trinajstić information content (AvgIpc) is 2.69. The monoisotopic (exact) mass is 483 g/mol. The molecule has 0 saturated carbocycles. The normalized spacial score (nSPS) is 23.5. The molecule has 1 aliphatic carbocycles. The van der Waals surface area contributed by atoms with E-state index in [4.69, 9.17) is 11.6 Å². The molecule has 2 aliphatic rings. The Morgan fingerprint density at radius 3 is 2.42 bits per heavy atom. The maximum absolute atomic E-state index is 14.4. The van der Waals surface area contributed by atoms with Gasteiger partial charge in [0.15, 0.2) is 11.6 Å². The zero-order chi connectivity index (χ0) is 24.1. The number of halogens is 5. The number of amides is 2. The molecule has 1 saturated heterocycles. The Morgan fingerprint density at radius 1 is 1.24 bits per heavy atom. The van der Waals surface area contributed by atoms with Crippen molar-refractivity contribution in [3.63, 3.8) is 0 Å². The van der Waals surface area contributed by atoms with Crippen LogP contribution < -0.4 is 4.90 Å². The van der Waals surface area contributed by atoms with E-state index in [9.17, 15) is 32.3 Å². The highest BCUT2D eigenvalue weighted by molar-refractivity contribution is 6.30. The molecule has 1 fully saturated rings. The molecule has 2 unspecified atom stereocenters. The summed E-state index contributed by atoms with van der Waals surface area (Å²) in [6.45, 7) is 0.881. The number of benzene rings is 1. The molecule has 2 heterocycles. The summed E-state index contributed by atoms with van der Waals surface area (Å²) in [5.74, 6) is -2.43. The van der Waals surface area contributed by atoms with Gasteiger partial charge in [-0.3, -0.25) is 14.5 Å². The fourth-order valence-corrected chi connectivity index (χ4v) is 4.15. The van der Waals surface area contributed by atoms with Gasteiger partial charge in [-0.2, -0.15) is 13.2 Å². The third-order valence-electron chi connectivity index (χ3n) is 5.51. The van der Waals surface area contributed by atoms with Gasteiger partial charge in [0.1, 0.15) is 12.6 Å².